The van der Waals surface area contributed by atoms with Gasteiger partial charge in [-0.2, -0.15) is 0 Å². The van der Waals surface area contributed by atoms with Crippen molar-refractivity contribution in [2.45, 2.75) is 51.2 Å². The lowest BCUT2D eigenvalue weighted by Crippen LogP contribution is -2.55. The third-order valence-electron chi connectivity index (χ3n) is 6.51. The Labute approximate surface area is 193 Å². The number of likely N-dealkylation sites (tertiary alicyclic amines) is 1. The smallest absolute Gasteiger partial charge is 0.329 e. The molecule has 0 aliphatic carbocycles. The van der Waals surface area contributed by atoms with Crippen LogP contribution in [0.15, 0.2) is 54.6 Å². The summed E-state index contributed by atoms with van der Waals surface area (Å²) in [6.07, 6.45) is 0.882. The molecular weight excluding hydrogens is 420 g/mol. The maximum atomic E-state index is 13.7. The summed E-state index contributed by atoms with van der Waals surface area (Å²) in [5, 5.41) is 13.7. The topological polar surface area (TPSA) is 95.9 Å². The summed E-state index contributed by atoms with van der Waals surface area (Å²) in [4.78, 5) is 41.4. The number of nitrogens with one attached hydrogen (secondary N) is 1. The molecule has 2 N–H and O–H groups in total. The number of carbonyl (C=O) groups is 3. The minimum Gasteiger partial charge on any atom is -0.494 e. The van der Waals surface area contributed by atoms with Crippen LogP contribution >= 0.6 is 0 Å². The Hall–Kier alpha value is -3.19. The van der Waals surface area contributed by atoms with E-state index in [9.17, 15) is 19.5 Å². The monoisotopic (exact) mass is 450 g/mol. The number of ether oxygens (including phenoxy) is 1. The predicted octanol–water partition coefficient (Wildman–Crippen LogP) is 3.50. The molecule has 7 nitrogen and oxygen atoms in total. The number of imide groups is 1. The van der Waals surface area contributed by atoms with Crippen molar-refractivity contribution >= 4 is 17.8 Å². The second-order valence-corrected chi connectivity index (χ2v) is 9.70. The normalized spacial score (nSPS) is 27.0. The van der Waals surface area contributed by atoms with E-state index in [1.165, 1.54) is 4.90 Å². The van der Waals surface area contributed by atoms with Gasteiger partial charge < -0.3 is 9.84 Å². The number of aliphatic carboxylic acids is 1. The van der Waals surface area contributed by atoms with E-state index in [4.69, 9.17) is 4.74 Å². The zero-order valence-corrected chi connectivity index (χ0v) is 19.4. The van der Waals surface area contributed by atoms with Crippen LogP contribution in [0, 0.1) is 11.8 Å². The predicted molar refractivity (Wildman–Crippen MR) is 122 cm³/mol. The molecule has 4 unspecified atom stereocenters. The van der Waals surface area contributed by atoms with Gasteiger partial charge in [0.2, 0.25) is 11.8 Å². The highest BCUT2D eigenvalue weighted by molar-refractivity contribution is 6.10. The first-order valence-electron chi connectivity index (χ1n) is 11.3. The van der Waals surface area contributed by atoms with Gasteiger partial charge in [0.15, 0.2) is 5.54 Å². The fourth-order valence-electron chi connectivity index (χ4n) is 5.13. The minimum atomic E-state index is -1.72. The van der Waals surface area contributed by atoms with Crippen molar-refractivity contribution in [1.82, 2.24) is 10.2 Å². The van der Waals surface area contributed by atoms with Gasteiger partial charge in [-0.3, -0.25) is 19.8 Å². The molecule has 2 fully saturated rings. The lowest BCUT2D eigenvalue weighted by molar-refractivity contribution is -0.154. The number of carboxylic acid groups (broad SMARTS) is 1. The van der Waals surface area contributed by atoms with E-state index in [0.717, 1.165) is 12.0 Å². The largest absolute Gasteiger partial charge is 0.494 e. The van der Waals surface area contributed by atoms with E-state index >= 15 is 0 Å². The van der Waals surface area contributed by atoms with Crippen LogP contribution in [-0.2, 0) is 19.9 Å². The molecular formula is C26H30N2O5. The Morgan fingerprint density at radius 2 is 1.70 bits per heavy atom. The molecule has 2 aliphatic heterocycles. The summed E-state index contributed by atoms with van der Waals surface area (Å²) in [5.74, 6) is -3.18. The van der Waals surface area contributed by atoms with Gasteiger partial charge in [0.05, 0.1) is 18.4 Å². The molecule has 2 heterocycles. The summed E-state index contributed by atoms with van der Waals surface area (Å²) in [5.41, 5.74) is -1.29. The van der Waals surface area contributed by atoms with E-state index in [2.05, 4.69) is 5.32 Å². The second kappa shape index (κ2) is 8.30. The van der Waals surface area contributed by atoms with Crippen molar-refractivity contribution in [3.05, 3.63) is 65.7 Å². The molecule has 0 bridgehead atoms. The molecule has 2 amide bonds. The molecule has 2 aromatic carbocycles. The van der Waals surface area contributed by atoms with E-state index in [0.29, 0.717) is 17.9 Å². The van der Waals surface area contributed by atoms with Crippen molar-refractivity contribution < 1.29 is 24.2 Å². The molecule has 7 heteroatoms. The van der Waals surface area contributed by atoms with Gasteiger partial charge in [-0.05, 0) is 50.5 Å². The van der Waals surface area contributed by atoms with Crippen LogP contribution in [0.5, 0.6) is 5.75 Å². The van der Waals surface area contributed by atoms with Gasteiger partial charge in [0, 0.05) is 11.6 Å². The number of hydrogen-bond donors (Lipinski definition) is 2. The van der Waals surface area contributed by atoms with E-state index in [-0.39, 0.29) is 5.91 Å². The second-order valence-electron chi connectivity index (χ2n) is 9.70. The van der Waals surface area contributed by atoms with Crippen LogP contribution in [-0.4, -0.2) is 39.9 Å². The molecule has 4 rings (SSSR count). The number of amides is 2. The molecule has 33 heavy (non-hydrogen) atoms. The lowest BCUT2D eigenvalue weighted by Gasteiger charge is -2.35. The molecule has 2 saturated heterocycles. The first-order valence-corrected chi connectivity index (χ1v) is 11.3. The highest BCUT2D eigenvalue weighted by Crippen LogP contribution is 2.54. The summed E-state index contributed by atoms with van der Waals surface area (Å²) in [6.45, 7) is 7.98. The summed E-state index contributed by atoms with van der Waals surface area (Å²) >= 11 is 0. The summed E-state index contributed by atoms with van der Waals surface area (Å²) in [6, 6.07) is 15.3. The van der Waals surface area contributed by atoms with Crippen LogP contribution in [0.3, 0.4) is 0 Å². The number of hydrogen-bond acceptors (Lipinski definition) is 5. The highest BCUT2D eigenvalue weighted by Gasteiger charge is 2.70. The Bertz CT molecular complexity index is 1060. The number of fused-ring (bicyclic) bond motifs is 1. The Morgan fingerprint density at radius 3 is 2.24 bits per heavy atom. The van der Waals surface area contributed by atoms with E-state index < -0.39 is 40.8 Å². The molecule has 0 saturated carbocycles. The van der Waals surface area contributed by atoms with Crippen molar-refractivity contribution in [3.63, 3.8) is 0 Å². The minimum absolute atomic E-state index is 0.347. The zero-order chi connectivity index (χ0) is 24.0. The average Bonchev–Trinajstić information content (AvgIpc) is 3.27. The first-order chi connectivity index (χ1) is 15.6. The molecule has 2 aromatic rings. The van der Waals surface area contributed by atoms with Crippen molar-refractivity contribution in [1.29, 1.82) is 0 Å². The standard InChI is InChI=1S/C26H30N2O5/c1-5-15-33-18-13-11-16(12-14-18)21-19-20(23(30)28(22(19)29)25(2,3)4)26(27-21,24(31)32)17-9-7-6-8-10-17/h6-14,19-21,27H,5,15H2,1-4H3,(H,31,32). The number of carboxylic acids is 1. The molecule has 174 valence electrons. The van der Waals surface area contributed by atoms with Crippen LogP contribution in [0.1, 0.15) is 51.3 Å². The number of nitrogens with zero attached hydrogens (tertiary/aromatic N) is 1. The van der Waals surface area contributed by atoms with Gasteiger partial charge in [-0.15, -0.1) is 0 Å². The quantitative estimate of drug-likeness (QED) is 0.654. The Kier molecular flexibility index (Phi) is 5.78. The number of benzene rings is 2. The van der Waals surface area contributed by atoms with Gasteiger partial charge >= 0.3 is 5.97 Å². The highest BCUT2D eigenvalue weighted by atomic mass is 16.5. The van der Waals surface area contributed by atoms with Gasteiger partial charge in [0.25, 0.3) is 0 Å². The van der Waals surface area contributed by atoms with Crippen molar-refractivity contribution in [2.24, 2.45) is 11.8 Å². The molecule has 0 radical (unpaired) electrons. The van der Waals surface area contributed by atoms with Gasteiger partial charge in [-0.25, -0.2) is 4.79 Å². The number of rotatable bonds is 6. The lowest BCUT2D eigenvalue weighted by atomic mass is 9.75. The van der Waals surface area contributed by atoms with Gasteiger partial charge in [-0.1, -0.05) is 49.4 Å². The van der Waals surface area contributed by atoms with Crippen LogP contribution in [0.2, 0.25) is 0 Å². The molecule has 2 aliphatic rings. The van der Waals surface area contributed by atoms with Crippen molar-refractivity contribution in [3.8, 4) is 5.75 Å². The SMILES string of the molecule is CCCOc1ccc(C2NC(C(=O)O)(c3ccccc3)C3C(=O)N(C(C)(C)C)C(=O)C23)cc1. The zero-order valence-electron chi connectivity index (χ0n) is 19.4. The molecule has 4 atom stereocenters. The van der Waals surface area contributed by atoms with Crippen LogP contribution < -0.4 is 10.1 Å². The fraction of sp³-hybridized carbons (Fsp3) is 0.423. The van der Waals surface area contributed by atoms with E-state index in [1.54, 1.807) is 51.1 Å². The first kappa shape index (κ1) is 23.0. The third-order valence-corrected chi connectivity index (χ3v) is 6.51. The van der Waals surface area contributed by atoms with Crippen LogP contribution in [0.25, 0.3) is 0 Å². The fourth-order valence-corrected chi connectivity index (χ4v) is 5.13. The number of carbonyl (C=O) groups excluding carboxylic acids is 2. The Balaban J connectivity index is 1.85. The van der Waals surface area contributed by atoms with Gasteiger partial charge in [0.1, 0.15) is 5.75 Å². The van der Waals surface area contributed by atoms with Crippen LogP contribution in [0.4, 0.5) is 0 Å². The molecule has 0 aromatic heterocycles. The summed E-state index contributed by atoms with van der Waals surface area (Å²) in [7, 11) is 0. The molecule has 0 spiro atoms. The third kappa shape index (κ3) is 3.60. The Morgan fingerprint density at radius 1 is 1.06 bits per heavy atom. The van der Waals surface area contributed by atoms with Crippen molar-refractivity contribution in [2.75, 3.05) is 6.61 Å². The van der Waals surface area contributed by atoms with E-state index in [1.807, 2.05) is 31.2 Å². The summed E-state index contributed by atoms with van der Waals surface area (Å²) < 4.78 is 5.66. The average molecular weight is 451 g/mol. The maximum absolute atomic E-state index is 13.7. The maximum Gasteiger partial charge on any atom is 0.329 e.